The van der Waals surface area contributed by atoms with Crippen molar-refractivity contribution in [2.75, 3.05) is 6.54 Å². The van der Waals surface area contributed by atoms with E-state index in [4.69, 9.17) is 0 Å². The highest BCUT2D eigenvalue weighted by Gasteiger charge is 2.03. The van der Waals surface area contributed by atoms with E-state index in [1.165, 1.54) is 17.2 Å². The van der Waals surface area contributed by atoms with Gasteiger partial charge in [-0.1, -0.05) is 5.21 Å². The van der Waals surface area contributed by atoms with E-state index in [-0.39, 0.29) is 12.5 Å². The molecule has 0 atom stereocenters. The van der Waals surface area contributed by atoms with Crippen LogP contribution in [-0.2, 0) is 17.8 Å². The Morgan fingerprint density at radius 3 is 3.19 bits per heavy atom. The number of aromatic nitrogens is 6. The van der Waals surface area contributed by atoms with Crippen molar-refractivity contribution < 1.29 is 4.79 Å². The Bertz CT molecular complexity index is 421. The molecule has 2 N–H and O–H groups in total. The van der Waals surface area contributed by atoms with Crippen LogP contribution in [0.1, 0.15) is 5.82 Å². The maximum atomic E-state index is 11.4. The van der Waals surface area contributed by atoms with Crippen molar-refractivity contribution in [2.45, 2.75) is 13.0 Å². The Morgan fingerprint density at radius 2 is 2.50 bits per heavy atom. The van der Waals surface area contributed by atoms with E-state index in [2.05, 4.69) is 30.8 Å². The number of rotatable bonds is 5. The number of hydrogen-bond donors (Lipinski definition) is 2. The van der Waals surface area contributed by atoms with Gasteiger partial charge in [0.05, 0.1) is 6.20 Å². The number of aromatic amines is 1. The second-order valence-electron chi connectivity index (χ2n) is 3.13. The lowest BCUT2D eigenvalue weighted by atomic mass is 10.4. The van der Waals surface area contributed by atoms with Crippen molar-refractivity contribution >= 4 is 5.91 Å². The summed E-state index contributed by atoms with van der Waals surface area (Å²) in [6.45, 7) is 0.694. The van der Waals surface area contributed by atoms with Crippen LogP contribution >= 0.6 is 0 Å². The van der Waals surface area contributed by atoms with Crippen LogP contribution in [0.2, 0.25) is 0 Å². The molecule has 2 rings (SSSR count). The van der Waals surface area contributed by atoms with E-state index >= 15 is 0 Å². The first-order valence-corrected chi connectivity index (χ1v) is 4.79. The summed E-state index contributed by atoms with van der Waals surface area (Å²) in [6.07, 6.45) is 5.23. The van der Waals surface area contributed by atoms with Gasteiger partial charge in [0.1, 0.15) is 18.7 Å². The summed E-state index contributed by atoms with van der Waals surface area (Å²) >= 11 is 0. The van der Waals surface area contributed by atoms with Gasteiger partial charge in [-0.2, -0.15) is 5.10 Å². The number of carbonyl (C=O) groups excluding carboxylic acids is 1. The fourth-order valence-electron chi connectivity index (χ4n) is 1.19. The lowest BCUT2D eigenvalue weighted by molar-refractivity contribution is -0.121. The second kappa shape index (κ2) is 5.01. The highest BCUT2D eigenvalue weighted by Crippen LogP contribution is 1.86. The van der Waals surface area contributed by atoms with Gasteiger partial charge in [0.15, 0.2) is 0 Å². The van der Waals surface area contributed by atoms with Gasteiger partial charge in [-0.3, -0.25) is 9.89 Å². The van der Waals surface area contributed by atoms with Crippen LogP contribution in [0.5, 0.6) is 0 Å². The highest BCUT2D eigenvalue weighted by atomic mass is 16.2. The molecule has 0 spiro atoms. The Hall–Kier alpha value is -2.25. The van der Waals surface area contributed by atoms with Gasteiger partial charge in [0, 0.05) is 19.2 Å². The zero-order valence-electron chi connectivity index (χ0n) is 8.50. The quantitative estimate of drug-likeness (QED) is 0.657. The monoisotopic (exact) mass is 221 g/mol. The van der Waals surface area contributed by atoms with Gasteiger partial charge in [0.2, 0.25) is 5.91 Å². The van der Waals surface area contributed by atoms with Crippen LogP contribution in [0, 0.1) is 0 Å². The topological polar surface area (TPSA) is 101 Å². The average Bonchev–Trinajstić information content (AvgIpc) is 2.90. The maximum Gasteiger partial charge on any atom is 0.241 e. The molecule has 2 aromatic rings. The van der Waals surface area contributed by atoms with E-state index < -0.39 is 0 Å². The molecule has 84 valence electrons. The molecule has 0 unspecified atom stereocenters. The van der Waals surface area contributed by atoms with Crippen LogP contribution < -0.4 is 5.32 Å². The lowest BCUT2D eigenvalue weighted by Gasteiger charge is -2.03. The van der Waals surface area contributed by atoms with Gasteiger partial charge < -0.3 is 5.32 Å². The summed E-state index contributed by atoms with van der Waals surface area (Å²) in [5.41, 5.74) is 0. The summed E-state index contributed by atoms with van der Waals surface area (Å²) in [4.78, 5) is 15.3. The summed E-state index contributed by atoms with van der Waals surface area (Å²) < 4.78 is 1.46. The van der Waals surface area contributed by atoms with Gasteiger partial charge in [-0.25, -0.2) is 9.67 Å². The Balaban J connectivity index is 1.68. The van der Waals surface area contributed by atoms with Crippen molar-refractivity contribution in [3.63, 3.8) is 0 Å². The standard InChI is InChI=1S/C8H11N7O/c16-8(5-15-4-3-11-14-15)9-2-1-7-10-6-12-13-7/h3-4,6H,1-2,5H2,(H,9,16)(H,10,12,13). The van der Waals surface area contributed by atoms with Gasteiger partial charge in [-0.05, 0) is 0 Å². The van der Waals surface area contributed by atoms with E-state index in [1.54, 1.807) is 6.20 Å². The van der Waals surface area contributed by atoms with Crippen LogP contribution in [0.4, 0.5) is 0 Å². The molecule has 0 radical (unpaired) electrons. The van der Waals surface area contributed by atoms with Gasteiger partial charge in [0.25, 0.3) is 0 Å². The first-order chi connectivity index (χ1) is 7.84. The fourth-order valence-corrected chi connectivity index (χ4v) is 1.19. The molecule has 2 aromatic heterocycles. The zero-order valence-corrected chi connectivity index (χ0v) is 8.50. The molecule has 1 amide bonds. The van der Waals surface area contributed by atoms with E-state index in [0.29, 0.717) is 13.0 Å². The van der Waals surface area contributed by atoms with E-state index in [0.717, 1.165) is 5.82 Å². The molecule has 0 aliphatic carbocycles. The molecule has 8 nitrogen and oxygen atoms in total. The van der Waals surface area contributed by atoms with Crippen LogP contribution in [-0.4, -0.2) is 42.6 Å². The average molecular weight is 221 g/mol. The largest absolute Gasteiger partial charge is 0.354 e. The molecule has 0 fully saturated rings. The van der Waals surface area contributed by atoms with Crippen molar-refractivity contribution in [1.29, 1.82) is 0 Å². The van der Waals surface area contributed by atoms with Gasteiger partial charge in [-0.15, -0.1) is 5.10 Å². The molecule has 0 saturated heterocycles. The number of H-pyrrole nitrogens is 1. The highest BCUT2D eigenvalue weighted by molar-refractivity contribution is 5.75. The smallest absolute Gasteiger partial charge is 0.241 e. The third-order valence-electron chi connectivity index (χ3n) is 1.93. The minimum atomic E-state index is -0.106. The second-order valence-corrected chi connectivity index (χ2v) is 3.13. The molecule has 0 aliphatic rings. The number of nitrogens with one attached hydrogen (secondary N) is 2. The SMILES string of the molecule is O=C(Cn1ccnn1)NCCc1ncn[nH]1. The van der Waals surface area contributed by atoms with Gasteiger partial charge >= 0.3 is 0 Å². The van der Waals surface area contributed by atoms with E-state index in [9.17, 15) is 4.79 Å². The number of amides is 1. The van der Waals surface area contributed by atoms with Crippen molar-refractivity contribution in [3.05, 3.63) is 24.5 Å². The zero-order chi connectivity index (χ0) is 11.2. The maximum absolute atomic E-state index is 11.4. The number of hydrogen-bond acceptors (Lipinski definition) is 5. The molecular formula is C8H11N7O. The molecular weight excluding hydrogens is 210 g/mol. The van der Waals surface area contributed by atoms with Crippen LogP contribution in [0.3, 0.4) is 0 Å². The lowest BCUT2D eigenvalue weighted by Crippen LogP contribution is -2.29. The fraction of sp³-hybridized carbons (Fsp3) is 0.375. The van der Waals surface area contributed by atoms with Crippen molar-refractivity contribution in [3.8, 4) is 0 Å². The number of nitrogens with zero attached hydrogens (tertiary/aromatic N) is 5. The molecule has 0 bridgehead atoms. The number of carbonyl (C=O) groups is 1. The van der Waals surface area contributed by atoms with Crippen molar-refractivity contribution in [1.82, 2.24) is 35.5 Å². The summed E-state index contributed by atoms with van der Waals surface area (Å²) in [7, 11) is 0. The Morgan fingerprint density at radius 1 is 1.56 bits per heavy atom. The molecule has 16 heavy (non-hydrogen) atoms. The Kier molecular flexibility index (Phi) is 3.22. The molecule has 0 saturated carbocycles. The summed E-state index contributed by atoms with van der Waals surface area (Å²) in [6, 6.07) is 0. The summed E-state index contributed by atoms with van der Waals surface area (Å²) in [5.74, 6) is 0.645. The van der Waals surface area contributed by atoms with Crippen LogP contribution in [0.25, 0.3) is 0 Å². The molecule has 2 heterocycles. The first-order valence-electron chi connectivity index (χ1n) is 4.79. The third kappa shape index (κ3) is 2.87. The molecule has 8 heteroatoms. The normalized spacial score (nSPS) is 10.2. The van der Waals surface area contributed by atoms with E-state index in [1.807, 2.05) is 0 Å². The first kappa shape index (κ1) is 10.3. The molecule has 0 aliphatic heterocycles. The summed E-state index contributed by atoms with van der Waals surface area (Å²) in [5, 5.41) is 16.5. The third-order valence-corrected chi connectivity index (χ3v) is 1.93. The van der Waals surface area contributed by atoms with Crippen molar-refractivity contribution in [2.24, 2.45) is 0 Å². The minimum absolute atomic E-state index is 0.106. The van der Waals surface area contributed by atoms with Crippen LogP contribution in [0.15, 0.2) is 18.7 Å². The minimum Gasteiger partial charge on any atom is -0.354 e. The Labute approximate surface area is 91.1 Å². The molecule has 0 aromatic carbocycles. The predicted molar refractivity (Wildman–Crippen MR) is 53.1 cm³/mol. The predicted octanol–water partition coefficient (Wildman–Crippen LogP) is -1.24.